The highest BCUT2D eigenvalue weighted by Crippen LogP contribution is 2.23. The quantitative estimate of drug-likeness (QED) is 0.374. The molecule has 2 heterocycles. The summed E-state index contributed by atoms with van der Waals surface area (Å²) < 4.78 is 2.42. The molecule has 34 heavy (non-hydrogen) atoms. The first-order chi connectivity index (χ1) is 16.0. The van der Waals surface area contributed by atoms with Gasteiger partial charge in [0.05, 0.1) is 11.5 Å². The molecular formula is C22H27N7O5. The van der Waals surface area contributed by atoms with E-state index in [2.05, 4.69) is 10.1 Å². The Kier molecular flexibility index (Phi) is 6.99. The van der Waals surface area contributed by atoms with Crippen LogP contribution in [-0.4, -0.2) is 36.7 Å². The van der Waals surface area contributed by atoms with Crippen molar-refractivity contribution in [2.24, 2.45) is 5.92 Å². The van der Waals surface area contributed by atoms with E-state index in [0.29, 0.717) is 0 Å². The lowest BCUT2D eigenvalue weighted by molar-refractivity contribution is -0.386. The summed E-state index contributed by atoms with van der Waals surface area (Å²) in [6, 6.07) is 9.07. The Hall–Kier alpha value is -4.22. The number of nitro groups is 1. The molecule has 0 aliphatic rings. The number of aromatic amines is 1. The molecule has 1 amide bonds. The molecule has 0 spiro atoms. The minimum atomic E-state index is -0.792. The summed E-state index contributed by atoms with van der Waals surface area (Å²) in [5.74, 6) is -0.741. The lowest BCUT2D eigenvalue weighted by Crippen LogP contribution is -2.44. The standard InChI is InChI=1S/C22H27N7O5/c1-13(2)10-26(17(30)12-28-15(4)18(29(33)34)14(3)25-28)19-20(23)27(22(32)24-21(19)31)11-16-8-6-5-7-9-16/h5-9,13H,10-12,23H2,1-4H3,(H,24,31,32). The molecule has 0 aliphatic heterocycles. The third-order valence-corrected chi connectivity index (χ3v) is 5.33. The SMILES string of the molecule is Cc1nn(CC(=O)N(CC(C)C)c2c(N)n(Cc3ccccc3)c(=O)[nH]c2=O)c(C)c1[N+](=O)[O-]. The number of amides is 1. The first-order valence-electron chi connectivity index (χ1n) is 10.7. The summed E-state index contributed by atoms with van der Waals surface area (Å²) in [5, 5.41) is 15.4. The second-order valence-corrected chi connectivity index (χ2v) is 8.40. The Morgan fingerprint density at radius 1 is 1.24 bits per heavy atom. The zero-order valence-electron chi connectivity index (χ0n) is 19.4. The van der Waals surface area contributed by atoms with Crippen molar-refractivity contribution < 1.29 is 9.72 Å². The van der Waals surface area contributed by atoms with Crippen LogP contribution in [-0.2, 0) is 17.9 Å². The number of H-pyrrole nitrogens is 1. The van der Waals surface area contributed by atoms with Crippen molar-refractivity contribution >= 4 is 23.1 Å². The number of hydrogen-bond donors (Lipinski definition) is 2. The van der Waals surface area contributed by atoms with Crippen LogP contribution in [0.25, 0.3) is 0 Å². The first-order valence-corrected chi connectivity index (χ1v) is 10.7. The summed E-state index contributed by atoms with van der Waals surface area (Å²) in [6.45, 7) is 6.60. The predicted octanol–water partition coefficient (Wildman–Crippen LogP) is 1.58. The smallest absolute Gasteiger partial charge is 0.330 e. The Bertz CT molecular complexity index is 1340. The van der Waals surface area contributed by atoms with Gasteiger partial charge in [0.25, 0.3) is 5.56 Å². The van der Waals surface area contributed by atoms with E-state index in [1.54, 1.807) is 0 Å². The molecule has 12 nitrogen and oxygen atoms in total. The van der Waals surface area contributed by atoms with Crippen molar-refractivity contribution in [2.45, 2.75) is 40.8 Å². The van der Waals surface area contributed by atoms with Gasteiger partial charge in [-0.05, 0) is 25.3 Å². The second kappa shape index (κ2) is 9.73. The minimum absolute atomic E-state index is 0.0490. The maximum absolute atomic E-state index is 13.3. The van der Waals surface area contributed by atoms with Crippen LogP contribution in [0.3, 0.4) is 0 Å². The average Bonchev–Trinajstić information content (AvgIpc) is 3.03. The van der Waals surface area contributed by atoms with Gasteiger partial charge >= 0.3 is 11.4 Å². The van der Waals surface area contributed by atoms with Gasteiger partial charge in [0.15, 0.2) is 5.69 Å². The van der Waals surface area contributed by atoms with Crippen molar-refractivity contribution in [3.05, 3.63) is 78.2 Å². The van der Waals surface area contributed by atoms with E-state index in [-0.39, 0.29) is 54.1 Å². The number of nitrogens with one attached hydrogen (secondary N) is 1. The van der Waals surface area contributed by atoms with Crippen LogP contribution in [0, 0.1) is 29.9 Å². The first kappa shape index (κ1) is 24.4. The van der Waals surface area contributed by atoms with Gasteiger partial charge in [0.2, 0.25) is 5.91 Å². The number of nitrogens with two attached hydrogens (primary N) is 1. The van der Waals surface area contributed by atoms with Gasteiger partial charge in [-0.15, -0.1) is 0 Å². The molecule has 0 aliphatic carbocycles. The molecule has 0 atom stereocenters. The van der Waals surface area contributed by atoms with Crippen LogP contribution < -0.4 is 21.9 Å². The Balaban J connectivity index is 2.06. The van der Waals surface area contributed by atoms with E-state index in [1.807, 2.05) is 44.2 Å². The number of anilines is 2. The summed E-state index contributed by atoms with van der Waals surface area (Å²) in [6.07, 6.45) is 0. The topological polar surface area (TPSA) is 162 Å². The molecule has 1 aromatic carbocycles. The third-order valence-electron chi connectivity index (χ3n) is 5.33. The second-order valence-electron chi connectivity index (χ2n) is 8.40. The maximum atomic E-state index is 13.3. The number of hydrogen-bond acceptors (Lipinski definition) is 7. The number of aryl methyl sites for hydroxylation is 1. The van der Waals surface area contributed by atoms with Gasteiger partial charge < -0.3 is 10.6 Å². The number of carbonyl (C=O) groups excluding carboxylic acids is 1. The van der Waals surface area contributed by atoms with Gasteiger partial charge in [0.1, 0.15) is 23.8 Å². The molecule has 0 unspecified atom stereocenters. The minimum Gasteiger partial charge on any atom is -0.383 e. The number of aromatic nitrogens is 4. The Morgan fingerprint density at radius 3 is 2.44 bits per heavy atom. The lowest BCUT2D eigenvalue weighted by atomic mass is 10.2. The lowest BCUT2D eigenvalue weighted by Gasteiger charge is -2.26. The molecule has 3 rings (SSSR count). The average molecular weight is 470 g/mol. The van der Waals surface area contributed by atoms with E-state index in [1.165, 1.54) is 28.0 Å². The third kappa shape index (κ3) is 4.90. The predicted molar refractivity (Wildman–Crippen MR) is 127 cm³/mol. The molecule has 0 bridgehead atoms. The van der Waals surface area contributed by atoms with Crippen LogP contribution in [0.2, 0.25) is 0 Å². The highest BCUT2D eigenvalue weighted by Gasteiger charge is 2.28. The normalized spacial score (nSPS) is 11.1. The van der Waals surface area contributed by atoms with Crippen molar-refractivity contribution in [1.29, 1.82) is 0 Å². The number of rotatable bonds is 8. The van der Waals surface area contributed by atoms with Gasteiger partial charge in [-0.1, -0.05) is 44.2 Å². The van der Waals surface area contributed by atoms with Crippen molar-refractivity contribution in [3.8, 4) is 0 Å². The van der Waals surface area contributed by atoms with Gasteiger partial charge in [0, 0.05) is 6.54 Å². The number of benzene rings is 1. The van der Waals surface area contributed by atoms with E-state index >= 15 is 0 Å². The molecule has 0 radical (unpaired) electrons. The van der Waals surface area contributed by atoms with Crippen molar-refractivity contribution in [1.82, 2.24) is 19.3 Å². The summed E-state index contributed by atoms with van der Waals surface area (Å²) in [5.41, 5.74) is 5.66. The van der Waals surface area contributed by atoms with E-state index in [9.17, 15) is 24.5 Å². The fourth-order valence-electron chi connectivity index (χ4n) is 3.76. The highest BCUT2D eigenvalue weighted by molar-refractivity contribution is 5.95. The fraction of sp³-hybridized carbons (Fsp3) is 0.364. The van der Waals surface area contributed by atoms with Crippen molar-refractivity contribution in [3.63, 3.8) is 0 Å². The van der Waals surface area contributed by atoms with E-state index in [0.717, 1.165) is 5.56 Å². The molecule has 2 aromatic heterocycles. The number of nitrogens with zero attached hydrogens (tertiary/aromatic N) is 5. The highest BCUT2D eigenvalue weighted by atomic mass is 16.6. The summed E-state index contributed by atoms with van der Waals surface area (Å²) >= 11 is 0. The monoisotopic (exact) mass is 469 g/mol. The van der Waals surface area contributed by atoms with Gasteiger partial charge in [-0.3, -0.25) is 33.9 Å². The number of carbonyl (C=O) groups is 1. The van der Waals surface area contributed by atoms with Crippen LogP contribution >= 0.6 is 0 Å². The summed E-state index contributed by atoms with van der Waals surface area (Å²) in [7, 11) is 0. The summed E-state index contributed by atoms with van der Waals surface area (Å²) in [4.78, 5) is 52.9. The van der Waals surface area contributed by atoms with Crippen LogP contribution in [0.1, 0.15) is 30.8 Å². The van der Waals surface area contributed by atoms with E-state index < -0.39 is 22.1 Å². The molecule has 3 N–H and O–H groups in total. The van der Waals surface area contributed by atoms with Crippen LogP contribution in [0.5, 0.6) is 0 Å². The molecule has 0 fully saturated rings. The molecule has 3 aromatic rings. The van der Waals surface area contributed by atoms with Gasteiger partial charge in [-0.2, -0.15) is 5.10 Å². The fourth-order valence-corrected chi connectivity index (χ4v) is 3.76. The van der Waals surface area contributed by atoms with Crippen LogP contribution in [0.4, 0.5) is 17.2 Å². The molecule has 0 saturated carbocycles. The van der Waals surface area contributed by atoms with E-state index in [4.69, 9.17) is 5.73 Å². The maximum Gasteiger partial charge on any atom is 0.330 e. The largest absolute Gasteiger partial charge is 0.383 e. The number of nitrogen functional groups attached to an aromatic ring is 1. The zero-order chi connectivity index (χ0) is 25.2. The van der Waals surface area contributed by atoms with Crippen LogP contribution in [0.15, 0.2) is 39.9 Å². The molecule has 180 valence electrons. The van der Waals surface area contributed by atoms with Crippen molar-refractivity contribution in [2.75, 3.05) is 17.2 Å². The zero-order valence-corrected chi connectivity index (χ0v) is 19.4. The Morgan fingerprint density at radius 2 is 1.88 bits per heavy atom. The molecule has 12 heteroatoms. The molecule has 0 saturated heterocycles. The van der Waals surface area contributed by atoms with Gasteiger partial charge in [-0.25, -0.2) is 4.79 Å². The Labute approximate surface area is 194 Å². The molecular weight excluding hydrogens is 442 g/mol.